The third-order valence-corrected chi connectivity index (χ3v) is 7.62. The average Bonchev–Trinajstić information content (AvgIpc) is 2.87. The molecule has 0 saturated carbocycles. The summed E-state index contributed by atoms with van der Waals surface area (Å²) in [7, 11) is -1.86. The summed E-state index contributed by atoms with van der Waals surface area (Å²) in [6, 6.07) is 14.5. The molecular weight excluding hydrogens is 360 g/mol. The summed E-state index contributed by atoms with van der Waals surface area (Å²) < 4.78 is 27.5. The van der Waals surface area contributed by atoms with E-state index < -0.39 is 15.4 Å². The van der Waals surface area contributed by atoms with E-state index in [4.69, 9.17) is 0 Å². The zero-order valence-corrected chi connectivity index (χ0v) is 16.3. The molecule has 1 fully saturated rings. The van der Waals surface area contributed by atoms with E-state index in [1.165, 1.54) is 4.31 Å². The Labute approximate surface area is 160 Å². The molecule has 0 aliphatic carbocycles. The first-order valence-corrected chi connectivity index (χ1v) is 10.4. The highest BCUT2D eigenvalue weighted by Crippen LogP contribution is 2.49. The van der Waals surface area contributed by atoms with Gasteiger partial charge >= 0.3 is 0 Å². The number of nitrogens with zero attached hydrogens (tertiary/aromatic N) is 2. The molecule has 2 heterocycles. The van der Waals surface area contributed by atoms with Crippen molar-refractivity contribution in [2.45, 2.75) is 23.7 Å². The van der Waals surface area contributed by atoms with Gasteiger partial charge in [0.15, 0.2) is 0 Å². The van der Waals surface area contributed by atoms with Gasteiger partial charge in [0, 0.05) is 25.8 Å². The van der Waals surface area contributed by atoms with Crippen LogP contribution >= 0.6 is 0 Å². The van der Waals surface area contributed by atoms with Gasteiger partial charge in [-0.25, -0.2) is 8.42 Å². The van der Waals surface area contributed by atoms with Gasteiger partial charge in [-0.05, 0) is 42.7 Å². The van der Waals surface area contributed by atoms with Gasteiger partial charge in [0.1, 0.15) is 0 Å². The second kappa shape index (κ2) is 6.04. The van der Waals surface area contributed by atoms with Crippen LogP contribution in [0.2, 0.25) is 0 Å². The molecule has 0 radical (unpaired) electrons. The van der Waals surface area contributed by atoms with E-state index in [-0.39, 0.29) is 23.9 Å². The van der Waals surface area contributed by atoms with Crippen LogP contribution < -0.4 is 4.90 Å². The number of aryl methyl sites for hydroxylation is 1. The third kappa shape index (κ3) is 2.47. The minimum Gasteiger partial charge on any atom is -0.314 e. The normalized spacial score (nSPS) is 23.1. The molecule has 2 aromatic rings. The zero-order valence-electron chi connectivity index (χ0n) is 15.5. The van der Waals surface area contributed by atoms with Crippen LogP contribution in [0.15, 0.2) is 65.6 Å². The molecular formula is C21H22N2O3S. The van der Waals surface area contributed by atoms with Gasteiger partial charge in [-0.3, -0.25) is 4.79 Å². The number of piperidine rings is 1. The van der Waals surface area contributed by atoms with E-state index in [2.05, 4.69) is 6.58 Å². The van der Waals surface area contributed by atoms with Crippen molar-refractivity contribution in [2.75, 3.05) is 25.0 Å². The van der Waals surface area contributed by atoms with Crippen molar-refractivity contribution >= 4 is 21.6 Å². The number of sulfonamides is 1. The lowest BCUT2D eigenvalue weighted by Crippen LogP contribution is -2.51. The van der Waals surface area contributed by atoms with Crippen LogP contribution in [0, 0.1) is 6.92 Å². The number of benzene rings is 2. The molecule has 0 aromatic heterocycles. The number of hydrogen-bond donors (Lipinski definition) is 0. The Kier molecular flexibility index (Phi) is 4.01. The van der Waals surface area contributed by atoms with Crippen LogP contribution in [0.3, 0.4) is 0 Å². The monoisotopic (exact) mass is 382 g/mol. The van der Waals surface area contributed by atoms with Gasteiger partial charge in [-0.1, -0.05) is 42.5 Å². The number of fused-ring (bicyclic) bond motifs is 2. The Morgan fingerprint density at radius 2 is 1.74 bits per heavy atom. The molecule has 6 heteroatoms. The molecule has 0 bridgehead atoms. The van der Waals surface area contributed by atoms with Gasteiger partial charge in [0.25, 0.3) is 0 Å². The predicted molar refractivity (Wildman–Crippen MR) is 105 cm³/mol. The molecule has 4 rings (SSSR count). The number of anilines is 1. The lowest BCUT2D eigenvalue weighted by Gasteiger charge is -2.39. The minimum atomic E-state index is -3.62. The van der Waals surface area contributed by atoms with E-state index in [0.717, 1.165) is 16.8 Å². The number of carbonyl (C=O) groups is 1. The van der Waals surface area contributed by atoms with Crippen LogP contribution in [0.5, 0.6) is 0 Å². The number of para-hydroxylation sites is 1. The average molecular weight is 382 g/mol. The van der Waals surface area contributed by atoms with Gasteiger partial charge in [0.2, 0.25) is 15.9 Å². The topological polar surface area (TPSA) is 57.7 Å². The molecule has 1 atom stereocenters. The third-order valence-electron chi connectivity index (χ3n) is 5.76. The molecule has 1 unspecified atom stereocenters. The highest BCUT2D eigenvalue weighted by Gasteiger charge is 2.54. The lowest BCUT2D eigenvalue weighted by atomic mass is 9.71. The van der Waals surface area contributed by atoms with Crippen molar-refractivity contribution in [3.8, 4) is 0 Å². The summed E-state index contributed by atoms with van der Waals surface area (Å²) in [5, 5.41) is 0. The lowest BCUT2D eigenvalue weighted by molar-refractivity contribution is -0.122. The van der Waals surface area contributed by atoms with Crippen molar-refractivity contribution in [3.63, 3.8) is 0 Å². The largest absolute Gasteiger partial charge is 0.314 e. The Morgan fingerprint density at radius 1 is 1.07 bits per heavy atom. The molecule has 0 N–H and O–H groups in total. The Bertz CT molecular complexity index is 1040. The van der Waals surface area contributed by atoms with E-state index in [9.17, 15) is 13.2 Å². The Balaban J connectivity index is 1.69. The van der Waals surface area contributed by atoms with Gasteiger partial charge < -0.3 is 4.90 Å². The Morgan fingerprint density at radius 3 is 2.41 bits per heavy atom. The van der Waals surface area contributed by atoms with E-state index >= 15 is 0 Å². The smallest absolute Gasteiger partial charge is 0.243 e. The first-order chi connectivity index (χ1) is 12.8. The molecule has 27 heavy (non-hydrogen) atoms. The standard InChI is InChI=1S/C21H22N2O3S/c1-15-8-10-17(11-9-15)27(25,26)23-13-12-21(16(2)14-23)18-6-4-5-7-19(18)22(3)20(21)24/h4-11H,2,12-14H2,1,3H3. The van der Waals surface area contributed by atoms with Crippen molar-refractivity contribution in [2.24, 2.45) is 0 Å². The predicted octanol–water partition coefficient (Wildman–Crippen LogP) is 2.86. The number of likely N-dealkylation sites (N-methyl/N-ethyl adjacent to an activating group) is 1. The zero-order chi connectivity index (χ0) is 19.4. The van der Waals surface area contributed by atoms with Crippen LogP contribution in [0.1, 0.15) is 17.5 Å². The number of carbonyl (C=O) groups excluding carboxylic acids is 1. The van der Waals surface area contributed by atoms with Crippen molar-refractivity contribution < 1.29 is 13.2 Å². The SMILES string of the molecule is C=C1CN(S(=O)(=O)c2ccc(C)cc2)CCC12C(=O)N(C)c1ccccc12. The second-order valence-corrected chi connectivity index (χ2v) is 9.23. The fourth-order valence-electron chi connectivity index (χ4n) is 4.18. The van der Waals surface area contributed by atoms with Crippen LogP contribution in [-0.2, 0) is 20.2 Å². The highest BCUT2D eigenvalue weighted by molar-refractivity contribution is 7.89. The van der Waals surface area contributed by atoms with Gasteiger partial charge in [-0.15, -0.1) is 0 Å². The Hall–Kier alpha value is -2.44. The van der Waals surface area contributed by atoms with Crippen LogP contribution in [-0.4, -0.2) is 38.8 Å². The van der Waals surface area contributed by atoms with Crippen LogP contribution in [0.4, 0.5) is 5.69 Å². The van der Waals surface area contributed by atoms with E-state index in [0.29, 0.717) is 12.0 Å². The molecule has 1 amide bonds. The summed E-state index contributed by atoms with van der Waals surface area (Å²) in [5.41, 5.74) is 2.61. The summed E-state index contributed by atoms with van der Waals surface area (Å²) in [4.78, 5) is 15.0. The summed E-state index contributed by atoms with van der Waals surface area (Å²) in [6.07, 6.45) is 0.400. The molecule has 5 nitrogen and oxygen atoms in total. The second-order valence-electron chi connectivity index (χ2n) is 7.29. The van der Waals surface area contributed by atoms with Crippen molar-refractivity contribution in [1.29, 1.82) is 0 Å². The van der Waals surface area contributed by atoms with Crippen molar-refractivity contribution in [3.05, 3.63) is 71.8 Å². The summed E-state index contributed by atoms with van der Waals surface area (Å²) in [6.45, 7) is 6.49. The fourth-order valence-corrected chi connectivity index (χ4v) is 5.62. The maximum absolute atomic E-state index is 13.1. The quantitative estimate of drug-likeness (QED) is 0.751. The van der Waals surface area contributed by atoms with E-state index in [1.807, 2.05) is 31.2 Å². The maximum atomic E-state index is 13.1. The van der Waals surface area contributed by atoms with E-state index in [1.54, 1.807) is 36.2 Å². The molecule has 1 spiro atoms. The first kappa shape index (κ1) is 17.9. The first-order valence-electron chi connectivity index (χ1n) is 8.91. The van der Waals surface area contributed by atoms with Crippen LogP contribution in [0.25, 0.3) is 0 Å². The summed E-state index contributed by atoms with van der Waals surface area (Å²) in [5.74, 6) is -0.0268. The summed E-state index contributed by atoms with van der Waals surface area (Å²) >= 11 is 0. The molecule has 2 aliphatic rings. The molecule has 2 aliphatic heterocycles. The molecule has 1 saturated heterocycles. The van der Waals surface area contributed by atoms with Gasteiger partial charge in [0.05, 0.1) is 10.3 Å². The fraction of sp³-hybridized carbons (Fsp3) is 0.286. The number of rotatable bonds is 2. The minimum absolute atomic E-state index is 0.0268. The molecule has 140 valence electrons. The number of hydrogen-bond acceptors (Lipinski definition) is 3. The maximum Gasteiger partial charge on any atom is 0.243 e. The van der Waals surface area contributed by atoms with Gasteiger partial charge in [-0.2, -0.15) is 4.31 Å². The molecule has 2 aromatic carbocycles. The number of amides is 1. The highest BCUT2D eigenvalue weighted by atomic mass is 32.2. The van der Waals surface area contributed by atoms with Crippen molar-refractivity contribution in [1.82, 2.24) is 4.31 Å².